The molecule has 2 N–H and O–H groups in total. The lowest BCUT2D eigenvalue weighted by Crippen LogP contribution is -2.43. The van der Waals surface area contributed by atoms with Crippen LogP contribution in [-0.4, -0.2) is 31.4 Å². The molecule has 0 aromatic heterocycles. The van der Waals surface area contributed by atoms with E-state index >= 15 is 0 Å². The Morgan fingerprint density at radius 3 is 3.10 bits per heavy atom. The summed E-state index contributed by atoms with van der Waals surface area (Å²) in [6.07, 6.45) is 2.85. The van der Waals surface area contributed by atoms with Crippen LogP contribution in [0.5, 0.6) is 11.5 Å². The molecule has 1 unspecified atom stereocenters. The lowest BCUT2D eigenvalue weighted by molar-refractivity contribution is -0.136. The number of rotatable bonds is 3. The highest BCUT2D eigenvalue weighted by Gasteiger charge is 2.28. The van der Waals surface area contributed by atoms with E-state index in [1.807, 2.05) is 0 Å². The maximum atomic E-state index is 11.9. The van der Waals surface area contributed by atoms with Crippen molar-refractivity contribution in [2.45, 2.75) is 12.8 Å². The second kappa shape index (κ2) is 5.82. The third-order valence-corrected chi connectivity index (χ3v) is 3.39. The van der Waals surface area contributed by atoms with Crippen LogP contribution in [-0.2, 0) is 9.59 Å². The van der Waals surface area contributed by atoms with Crippen molar-refractivity contribution in [2.75, 3.05) is 13.3 Å². The summed E-state index contributed by atoms with van der Waals surface area (Å²) in [5, 5.41) is 6.54. The smallest absolute Gasteiger partial charge is 0.252 e. The molecule has 7 nitrogen and oxygen atoms in total. The molecule has 0 spiro atoms. The summed E-state index contributed by atoms with van der Waals surface area (Å²) in [6, 6.07) is 5.35. The number of hydrogen-bond acceptors (Lipinski definition) is 5. The number of piperidine rings is 1. The Morgan fingerprint density at radius 1 is 1.38 bits per heavy atom. The number of carbonyl (C=O) groups excluding carboxylic acids is 2. The Bertz CT molecular complexity index is 600. The number of benzene rings is 1. The minimum atomic E-state index is -0.660. The molecule has 21 heavy (non-hydrogen) atoms. The van der Waals surface area contributed by atoms with Crippen LogP contribution in [0, 0.1) is 5.92 Å². The monoisotopic (exact) mass is 289 g/mol. The SMILES string of the molecule is O=C1NCCCC1C(=O)NN=Cc1ccc2c(c1)OCO2. The van der Waals surface area contributed by atoms with Gasteiger partial charge in [-0.15, -0.1) is 0 Å². The van der Waals surface area contributed by atoms with Crippen LogP contribution in [0.4, 0.5) is 0 Å². The fourth-order valence-electron chi connectivity index (χ4n) is 2.26. The molecule has 0 bridgehead atoms. The van der Waals surface area contributed by atoms with Crippen molar-refractivity contribution < 1.29 is 19.1 Å². The van der Waals surface area contributed by atoms with Crippen molar-refractivity contribution in [3.8, 4) is 11.5 Å². The van der Waals surface area contributed by atoms with Gasteiger partial charge in [-0.25, -0.2) is 5.43 Å². The van der Waals surface area contributed by atoms with E-state index in [1.54, 1.807) is 18.2 Å². The third-order valence-electron chi connectivity index (χ3n) is 3.39. The van der Waals surface area contributed by atoms with Crippen LogP contribution in [0.3, 0.4) is 0 Å². The second-order valence-electron chi connectivity index (χ2n) is 4.83. The van der Waals surface area contributed by atoms with Gasteiger partial charge in [0.2, 0.25) is 12.7 Å². The van der Waals surface area contributed by atoms with E-state index in [1.165, 1.54) is 6.21 Å². The zero-order valence-electron chi connectivity index (χ0n) is 11.3. The van der Waals surface area contributed by atoms with E-state index in [0.717, 1.165) is 12.0 Å². The molecule has 2 aliphatic heterocycles. The van der Waals surface area contributed by atoms with Crippen molar-refractivity contribution in [1.82, 2.24) is 10.7 Å². The molecule has 110 valence electrons. The van der Waals surface area contributed by atoms with E-state index in [9.17, 15) is 9.59 Å². The van der Waals surface area contributed by atoms with Gasteiger partial charge in [0, 0.05) is 6.54 Å². The summed E-state index contributed by atoms with van der Waals surface area (Å²) in [5.74, 6) is 0.0564. The standard InChI is InChI=1S/C14H15N3O4/c18-13-10(2-1-5-15-13)14(19)17-16-7-9-3-4-11-12(6-9)21-8-20-11/h3-4,6-7,10H,1-2,5,8H2,(H,15,18)(H,17,19). The Balaban J connectivity index is 1.59. The average molecular weight is 289 g/mol. The van der Waals surface area contributed by atoms with Crippen molar-refractivity contribution in [3.63, 3.8) is 0 Å². The molecule has 1 aromatic carbocycles. The Kier molecular flexibility index (Phi) is 3.72. The highest BCUT2D eigenvalue weighted by Crippen LogP contribution is 2.31. The highest BCUT2D eigenvalue weighted by molar-refractivity contribution is 6.00. The summed E-state index contributed by atoms with van der Waals surface area (Å²) in [6.45, 7) is 0.840. The molecule has 0 saturated carbocycles. The number of hydrazone groups is 1. The van der Waals surface area contributed by atoms with E-state index in [-0.39, 0.29) is 18.6 Å². The topological polar surface area (TPSA) is 89.0 Å². The fraction of sp³-hybridized carbons (Fsp3) is 0.357. The zero-order chi connectivity index (χ0) is 14.7. The van der Waals surface area contributed by atoms with E-state index < -0.39 is 5.92 Å². The largest absolute Gasteiger partial charge is 0.454 e. The van der Waals surface area contributed by atoms with Gasteiger partial charge in [-0.1, -0.05) is 0 Å². The lowest BCUT2D eigenvalue weighted by Gasteiger charge is -2.19. The van der Waals surface area contributed by atoms with Crippen LogP contribution in [0.25, 0.3) is 0 Å². The summed E-state index contributed by atoms with van der Waals surface area (Å²) in [5.41, 5.74) is 3.17. The third kappa shape index (κ3) is 2.96. The van der Waals surface area contributed by atoms with Gasteiger partial charge >= 0.3 is 0 Å². The minimum absolute atomic E-state index is 0.212. The van der Waals surface area contributed by atoms with E-state index in [4.69, 9.17) is 9.47 Å². The summed E-state index contributed by atoms with van der Waals surface area (Å²) >= 11 is 0. The van der Waals surface area contributed by atoms with Gasteiger partial charge in [0.15, 0.2) is 11.5 Å². The molecule has 7 heteroatoms. The first-order valence-electron chi connectivity index (χ1n) is 6.74. The zero-order valence-corrected chi connectivity index (χ0v) is 11.3. The molecule has 0 aliphatic carbocycles. The Hall–Kier alpha value is -2.57. The van der Waals surface area contributed by atoms with Crippen LogP contribution < -0.4 is 20.2 Å². The Labute approximate surface area is 121 Å². The molecule has 2 heterocycles. The normalized spacial score (nSPS) is 20.4. The van der Waals surface area contributed by atoms with Gasteiger partial charge in [-0.2, -0.15) is 5.10 Å². The summed E-state index contributed by atoms with van der Waals surface area (Å²) in [4.78, 5) is 23.4. The molecule has 1 saturated heterocycles. The first-order valence-corrected chi connectivity index (χ1v) is 6.74. The summed E-state index contributed by atoms with van der Waals surface area (Å²) < 4.78 is 10.5. The first kappa shape index (κ1) is 13.4. The van der Waals surface area contributed by atoms with Crippen LogP contribution in [0.15, 0.2) is 23.3 Å². The molecular weight excluding hydrogens is 274 g/mol. The minimum Gasteiger partial charge on any atom is -0.454 e. The molecule has 1 aromatic rings. The quantitative estimate of drug-likeness (QED) is 0.478. The molecule has 2 amide bonds. The van der Waals surface area contributed by atoms with E-state index in [2.05, 4.69) is 15.8 Å². The number of nitrogens with one attached hydrogen (secondary N) is 2. The van der Waals surface area contributed by atoms with Gasteiger partial charge in [-0.05, 0) is 36.6 Å². The van der Waals surface area contributed by atoms with Gasteiger partial charge in [0.1, 0.15) is 5.92 Å². The number of fused-ring (bicyclic) bond motifs is 1. The van der Waals surface area contributed by atoms with Crippen molar-refractivity contribution in [2.24, 2.45) is 11.0 Å². The van der Waals surface area contributed by atoms with Crippen LogP contribution in [0.2, 0.25) is 0 Å². The van der Waals surface area contributed by atoms with Crippen molar-refractivity contribution in [1.29, 1.82) is 0 Å². The molecule has 3 rings (SSSR count). The predicted octanol–water partition coefficient (Wildman–Crippen LogP) is 0.392. The van der Waals surface area contributed by atoms with Crippen LogP contribution in [0.1, 0.15) is 18.4 Å². The fourth-order valence-corrected chi connectivity index (χ4v) is 2.26. The molecule has 1 fully saturated rings. The lowest BCUT2D eigenvalue weighted by atomic mass is 9.98. The van der Waals surface area contributed by atoms with Crippen molar-refractivity contribution in [3.05, 3.63) is 23.8 Å². The maximum Gasteiger partial charge on any atom is 0.252 e. The number of amides is 2. The Morgan fingerprint density at radius 2 is 2.24 bits per heavy atom. The number of carbonyl (C=O) groups is 2. The molecule has 0 radical (unpaired) electrons. The average Bonchev–Trinajstić information content (AvgIpc) is 2.95. The van der Waals surface area contributed by atoms with Crippen molar-refractivity contribution >= 4 is 18.0 Å². The van der Waals surface area contributed by atoms with Crippen LogP contribution >= 0.6 is 0 Å². The second-order valence-corrected chi connectivity index (χ2v) is 4.83. The number of nitrogens with zero attached hydrogens (tertiary/aromatic N) is 1. The van der Waals surface area contributed by atoms with E-state index in [0.29, 0.717) is 24.5 Å². The molecular formula is C14H15N3O4. The molecule has 1 atom stereocenters. The number of hydrogen-bond donors (Lipinski definition) is 2. The van der Waals surface area contributed by atoms with Gasteiger partial charge in [-0.3, -0.25) is 9.59 Å². The van der Waals surface area contributed by atoms with Gasteiger partial charge in [0.05, 0.1) is 6.21 Å². The predicted molar refractivity (Wildman–Crippen MR) is 74.0 cm³/mol. The first-order chi connectivity index (χ1) is 10.2. The number of ether oxygens (including phenoxy) is 2. The highest BCUT2D eigenvalue weighted by atomic mass is 16.7. The summed E-state index contributed by atoms with van der Waals surface area (Å²) in [7, 11) is 0. The maximum absolute atomic E-state index is 11.9. The van der Waals surface area contributed by atoms with Gasteiger partial charge in [0.25, 0.3) is 5.91 Å². The van der Waals surface area contributed by atoms with Gasteiger partial charge < -0.3 is 14.8 Å². The molecule has 2 aliphatic rings.